The number of carbonyl (C=O) groups excluding carboxylic acids is 2. The lowest BCUT2D eigenvalue weighted by Gasteiger charge is -2.27. The average Bonchev–Trinajstić information content (AvgIpc) is 3.33. The van der Waals surface area contributed by atoms with Crippen molar-refractivity contribution in [1.29, 1.82) is 0 Å². The number of hydrogen-bond donors (Lipinski definition) is 0. The van der Waals surface area contributed by atoms with Crippen LogP contribution in [0.2, 0.25) is 0 Å². The lowest BCUT2D eigenvalue weighted by Crippen LogP contribution is -2.43. The summed E-state index contributed by atoms with van der Waals surface area (Å²) in [6.45, 7) is 5.26. The van der Waals surface area contributed by atoms with Crippen molar-refractivity contribution in [3.63, 3.8) is 0 Å². The summed E-state index contributed by atoms with van der Waals surface area (Å²) >= 11 is 1.61. The van der Waals surface area contributed by atoms with Gasteiger partial charge in [-0.15, -0.1) is 17.9 Å². The summed E-state index contributed by atoms with van der Waals surface area (Å²) in [5.74, 6) is -0.342. The van der Waals surface area contributed by atoms with Gasteiger partial charge in [0.2, 0.25) is 11.8 Å². The van der Waals surface area contributed by atoms with Crippen molar-refractivity contribution in [2.45, 2.75) is 19.7 Å². The molecule has 1 heterocycles. The molecule has 0 saturated heterocycles. The fourth-order valence-corrected chi connectivity index (χ4v) is 3.94. The number of amides is 2. The van der Waals surface area contributed by atoms with Crippen LogP contribution in [-0.2, 0) is 34.0 Å². The van der Waals surface area contributed by atoms with Crippen LogP contribution >= 0.6 is 11.3 Å². The van der Waals surface area contributed by atoms with Gasteiger partial charge in [-0.2, -0.15) is 0 Å². The summed E-state index contributed by atoms with van der Waals surface area (Å²) < 4.78 is 5.58. The van der Waals surface area contributed by atoms with Crippen LogP contribution in [-0.4, -0.2) is 41.3 Å². The lowest BCUT2D eigenvalue weighted by molar-refractivity contribution is -0.143. The zero-order chi connectivity index (χ0) is 22.6. The molecule has 0 N–H and O–H groups in total. The third-order valence-electron chi connectivity index (χ3n) is 4.86. The van der Waals surface area contributed by atoms with E-state index in [9.17, 15) is 9.59 Å². The quantitative estimate of drug-likeness (QED) is 0.383. The summed E-state index contributed by atoms with van der Waals surface area (Å²) in [5, 5.41) is 2.00. The first-order valence-corrected chi connectivity index (χ1v) is 11.4. The Balaban J connectivity index is 1.62. The molecule has 32 heavy (non-hydrogen) atoms. The van der Waals surface area contributed by atoms with E-state index in [0.717, 1.165) is 16.0 Å². The van der Waals surface area contributed by atoms with Gasteiger partial charge < -0.3 is 14.5 Å². The van der Waals surface area contributed by atoms with Crippen LogP contribution in [0.15, 0.2) is 90.8 Å². The Labute approximate surface area is 193 Å². The molecule has 3 rings (SSSR count). The molecule has 0 fully saturated rings. The van der Waals surface area contributed by atoms with Crippen LogP contribution in [0.5, 0.6) is 0 Å². The molecular weight excluding hydrogens is 420 g/mol. The molecule has 1 aromatic heterocycles. The monoisotopic (exact) mass is 448 g/mol. The average molecular weight is 449 g/mol. The van der Waals surface area contributed by atoms with Gasteiger partial charge in [0.05, 0.1) is 13.2 Å². The Morgan fingerprint density at radius 2 is 1.53 bits per heavy atom. The zero-order valence-electron chi connectivity index (χ0n) is 18.1. The minimum Gasteiger partial charge on any atom is -0.367 e. The van der Waals surface area contributed by atoms with Crippen LogP contribution in [0, 0.1) is 0 Å². The second-order valence-corrected chi connectivity index (χ2v) is 8.39. The third-order valence-corrected chi connectivity index (χ3v) is 5.72. The predicted octanol–water partition coefficient (Wildman–Crippen LogP) is 4.51. The molecule has 0 bridgehead atoms. The highest BCUT2D eigenvalue weighted by atomic mass is 32.1. The maximum absolute atomic E-state index is 13.2. The van der Waals surface area contributed by atoms with E-state index in [4.69, 9.17) is 4.74 Å². The minimum atomic E-state index is -0.232. The maximum Gasteiger partial charge on any atom is 0.249 e. The molecule has 0 radical (unpaired) electrons. The lowest BCUT2D eigenvalue weighted by atomic mass is 10.2. The van der Waals surface area contributed by atoms with Crippen LogP contribution in [0.25, 0.3) is 0 Å². The molecule has 166 valence electrons. The number of carbonyl (C=O) groups is 2. The summed E-state index contributed by atoms with van der Waals surface area (Å²) in [6.07, 6.45) is 1.63. The van der Waals surface area contributed by atoms with E-state index < -0.39 is 0 Å². The smallest absolute Gasteiger partial charge is 0.249 e. The van der Waals surface area contributed by atoms with Crippen molar-refractivity contribution in [3.05, 3.63) is 107 Å². The van der Waals surface area contributed by atoms with Gasteiger partial charge in [0.15, 0.2) is 0 Å². The van der Waals surface area contributed by atoms with Crippen molar-refractivity contribution in [1.82, 2.24) is 9.80 Å². The number of rotatable bonds is 12. The van der Waals surface area contributed by atoms with Crippen molar-refractivity contribution in [2.75, 3.05) is 19.7 Å². The standard InChI is InChI=1S/C26H28N2O3S/c1-2-15-27(26(30)21-31-20-23-12-7-4-8-13-23)19-25(29)28(18-24-14-9-16-32-24)17-22-10-5-3-6-11-22/h2-14,16H,1,15,17-21H2. The second kappa shape index (κ2) is 12.6. The highest BCUT2D eigenvalue weighted by Gasteiger charge is 2.21. The predicted molar refractivity (Wildman–Crippen MR) is 128 cm³/mol. The molecule has 0 spiro atoms. The molecule has 6 heteroatoms. The number of hydrogen-bond acceptors (Lipinski definition) is 4. The van der Waals surface area contributed by atoms with Crippen LogP contribution < -0.4 is 0 Å². The van der Waals surface area contributed by atoms with Gasteiger partial charge in [-0.25, -0.2) is 0 Å². The number of nitrogens with zero attached hydrogens (tertiary/aromatic N) is 2. The van der Waals surface area contributed by atoms with E-state index in [0.29, 0.717) is 19.7 Å². The van der Waals surface area contributed by atoms with E-state index >= 15 is 0 Å². The Bertz CT molecular complexity index is 975. The summed E-state index contributed by atoms with van der Waals surface area (Å²) in [4.78, 5) is 30.3. The molecule has 5 nitrogen and oxygen atoms in total. The van der Waals surface area contributed by atoms with Gasteiger partial charge in [0, 0.05) is 18.0 Å². The van der Waals surface area contributed by atoms with Gasteiger partial charge in [0.25, 0.3) is 0 Å². The normalized spacial score (nSPS) is 10.5. The van der Waals surface area contributed by atoms with Crippen molar-refractivity contribution >= 4 is 23.2 Å². The van der Waals surface area contributed by atoms with Crippen molar-refractivity contribution < 1.29 is 14.3 Å². The number of thiophene rings is 1. The van der Waals surface area contributed by atoms with Gasteiger partial charge in [0.1, 0.15) is 13.2 Å². The first-order chi connectivity index (χ1) is 15.7. The number of ether oxygens (including phenoxy) is 1. The first-order valence-electron chi connectivity index (χ1n) is 10.5. The Kier molecular flexibility index (Phi) is 9.22. The maximum atomic E-state index is 13.2. The number of benzene rings is 2. The van der Waals surface area contributed by atoms with E-state index in [1.807, 2.05) is 78.2 Å². The molecule has 0 aliphatic rings. The Morgan fingerprint density at radius 1 is 0.844 bits per heavy atom. The second-order valence-electron chi connectivity index (χ2n) is 7.36. The van der Waals surface area contributed by atoms with E-state index in [-0.39, 0.29) is 31.5 Å². The van der Waals surface area contributed by atoms with Gasteiger partial charge in [-0.05, 0) is 22.6 Å². The Hall–Kier alpha value is -3.22. The highest BCUT2D eigenvalue weighted by molar-refractivity contribution is 7.09. The van der Waals surface area contributed by atoms with Crippen LogP contribution in [0.1, 0.15) is 16.0 Å². The molecule has 0 atom stereocenters. The molecule has 3 aromatic rings. The SMILES string of the molecule is C=CCN(CC(=O)N(Cc1ccccc1)Cc1cccs1)C(=O)COCc1ccccc1. The van der Waals surface area contributed by atoms with E-state index in [1.165, 1.54) is 4.90 Å². The molecule has 0 saturated carbocycles. The molecular formula is C26H28N2O3S. The molecule has 0 aliphatic heterocycles. The molecule has 0 aliphatic carbocycles. The minimum absolute atomic E-state index is 0.0161. The molecule has 2 amide bonds. The summed E-state index contributed by atoms with van der Waals surface area (Å²) in [5.41, 5.74) is 2.04. The van der Waals surface area contributed by atoms with Crippen LogP contribution in [0.4, 0.5) is 0 Å². The first kappa shape index (κ1) is 23.4. The van der Waals surface area contributed by atoms with Gasteiger partial charge in [-0.1, -0.05) is 72.8 Å². The van der Waals surface area contributed by atoms with Crippen LogP contribution in [0.3, 0.4) is 0 Å². The van der Waals surface area contributed by atoms with Gasteiger partial charge >= 0.3 is 0 Å². The third kappa shape index (κ3) is 7.48. The topological polar surface area (TPSA) is 49.9 Å². The zero-order valence-corrected chi connectivity index (χ0v) is 18.9. The molecule has 0 unspecified atom stereocenters. The molecule has 2 aromatic carbocycles. The van der Waals surface area contributed by atoms with Crippen molar-refractivity contribution in [3.8, 4) is 0 Å². The van der Waals surface area contributed by atoms with E-state index in [1.54, 1.807) is 22.3 Å². The Morgan fingerprint density at radius 3 is 2.16 bits per heavy atom. The summed E-state index contributed by atoms with van der Waals surface area (Å²) in [7, 11) is 0. The fraction of sp³-hybridized carbons (Fsp3) is 0.231. The van der Waals surface area contributed by atoms with E-state index in [2.05, 4.69) is 6.58 Å². The highest BCUT2D eigenvalue weighted by Crippen LogP contribution is 2.15. The van der Waals surface area contributed by atoms with Crippen molar-refractivity contribution in [2.24, 2.45) is 0 Å². The van der Waals surface area contributed by atoms with Gasteiger partial charge in [-0.3, -0.25) is 9.59 Å². The summed E-state index contributed by atoms with van der Waals surface area (Å²) in [6, 6.07) is 23.5. The fourth-order valence-electron chi connectivity index (χ4n) is 3.22. The largest absolute Gasteiger partial charge is 0.367 e.